The molecular weight excluding hydrogens is 405 g/mol. The summed E-state index contributed by atoms with van der Waals surface area (Å²) >= 11 is 5.86. The van der Waals surface area contributed by atoms with Gasteiger partial charge in [-0.3, -0.25) is 14.9 Å². The lowest BCUT2D eigenvalue weighted by Gasteiger charge is -2.26. The Balaban J connectivity index is 1.49. The maximum atomic E-state index is 14.2. The highest BCUT2D eigenvalue weighted by atomic mass is 35.5. The lowest BCUT2D eigenvalue weighted by atomic mass is 10.1. The summed E-state index contributed by atoms with van der Waals surface area (Å²) in [6, 6.07) is 12.5. The molecule has 2 heterocycles. The summed E-state index contributed by atoms with van der Waals surface area (Å²) in [5, 5.41) is 4.23. The van der Waals surface area contributed by atoms with Crippen LogP contribution in [0, 0.1) is 5.82 Å². The van der Waals surface area contributed by atoms with Gasteiger partial charge in [0.15, 0.2) is 5.78 Å². The molecule has 1 N–H and O–H groups in total. The fourth-order valence-corrected chi connectivity index (χ4v) is 4.28. The Bertz CT molecular complexity index is 1110. The number of carbonyl (C=O) groups is 2. The molecule has 0 radical (unpaired) electrons. The first-order chi connectivity index (χ1) is 14.5. The third-order valence-electron chi connectivity index (χ3n) is 5.61. The van der Waals surface area contributed by atoms with Crippen molar-refractivity contribution >= 4 is 34.2 Å². The number of amides is 1. The maximum absolute atomic E-state index is 14.2. The number of para-hydroxylation sites is 1. The van der Waals surface area contributed by atoms with Crippen LogP contribution in [0.3, 0.4) is 0 Å². The summed E-state index contributed by atoms with van der Waals surface area (Å²) in [5.74, 6) is -0.493. The second kappa shape index (κ2) is 8.58. The van der Waals surface area contributed by atoms with Crippen molar-refractivity contribution < 1.29 is 14.0 Å². The molecule has 3 aromatic rings. The standard InChI is InChI=1S/C23H23ClFN3O2/c1-15(29)18-13-27(20-9-3-2-7-17(18)20)14-22(30)28-11-5-10-21(28)26-12-16-6-4-8-19(24)23(16)25/h2-4,6-9,13,21,26H,5,10-12,14H2,1H3. The van der Waals surface area contributed by atoms with E-state index in [4.69, 9.17) is 11.6 Å². The third-order valence-corrected chi connectivity index (χ3v) is 5.90. The Hall–Kier alpha value is -2.70. The SMILES string of the molecule is CC(=O)c1cn(CC(=O)N2CCCC2NCc2cccc(Cl)c2F)c2ccccc12. The normalized spacial score (nSPS) is 16.4. The van der Waals surface area contributed by atoms with Gasteiger partial charge < -0.3 is 9.47 Å². The average molecular weight is 428 g/mol. The van der Waals surface area contributed by atoms with E-state index in [9.17, 15) is 14.0 Å². The molecule has 1 saturated heterocycles. The average Bonchev–Trinajstić information content (AvgIpc) is 3.34. The van der Waals surface area contributed by atoms with Crippen molar-refractivity contribution in [2.45, 2.75) is 39.0 Å². The van der Waals surface area contributed by atoms with Crippen LogP contribution >= 0.6 is 11.6 Å². The van der Waals surface area contributed by atoms with Crippen molar-refractivity contribution in [1.29, 1.82) is 0 Å². The van der Waals surface area contributed by atoms with E-state index in [-0.39, 0.29) is 29.4 Å². The first-order valence-corrected chi connectivity index (χ1v) is 10.4. The van der Waals surface area contributed by atoms with Gasteiger partial charge in [-0.2, -0.15) is 0 Å². The topological polar surface area (TPSA) is 54.3 Å². The first kappa shape index (κ1) is 20.6. The van der Waals surface area contributed by atoms with Crippen LogP contribution in [0.2, 0.25) is 5.02 Å². The largest absolute Gasteiger partial charge is 0.337 e. The monoisotopic (exact) mass is 427 g/mol. The number of nitrogens with zero attached hydrogens (tertiary/aromatic N) is 2. The van der Waals surface area contributed by atoms with Crippen molar-refractivity contribution in [1.82, 2.24) is 14.8 Å². The molecule has 5 nitrogen and oxygen atoms in total. The zero-order valence-electron chi connectivity index (χ0n) is 16.7. The Morgan fingerprint density at radius 2 is 2.00 bits per heavy atom. The van der Waals surface area contributed by atoms with E-state index in [1.165, 1.54) is 13.0 Å². The van der Waals surface area contributed by atoms with Gasteiger partial charge in [-0.1, -0.05) is 41.9 Å². The Labute approximate surface area is 179 Å². The molecule has 2 aromatic carbocycles. The van der Waals surface area contributed by atoms with Gasteiger partial charge in [0.05, 0.1) is 11.2 Å². The molecule has 1 unspecified atom stereocenters. The Kier molecular flexibility index (Phi) is 5.88. The van der Waals surface area contributed by atoms with Crippen LogP contribution in [0.1, 0.15) is 35.7 Å². The van der Waals surface area contributed by atoms with Crippen molar-refractivity contribution in [2.24, 2.45) is 0 Å². The predicted molar refractivity (Wildman–Crippen MR) is 115 cm³/mol. The van der Waals surface area contributed by atoms with E-state index in [1.807, 2.05) is 28.8 Å². The highest BCUT2D eigenvalue weighted by molar-refractivity contribution is 6.30. The highest BCUT2D eigenvalue weighted by Gasteiger charge is 2.29. The van der Waals surface area contributed by atoms with Gasteiger partial charge in [0.1, 0.15) is 12.4 Å². The number of rotatable bonds is 6. The van der Waals surface area contributed by atoms with Crippen molar-refractivity contribution in [2.75, 3.05) is 6.54 Å². The van der Waals surface area contributed by atoms with E-state index in [1.54, 1.807) is 23.2 Å². The molecule has 0 aliphatic carbocycles. The van der Waals surface area contributed by atoms with Gasteiger partial charge in [0.25, 0.3) is 0 Å². The van der Waals surface area contributed by atoms with Gasteiger partial charge in [-0.25, -0.2) is 4.39 Å². The number of Topliss-reactive ketones (excluding diaryl/α,β-unsaturated/α-hetero) is 1. The first-order valence-electron chi connectivity index (χ1n) is 10.00. The van der Waals surface area contributed by atoms with Gasteiger partial charge in [-0.05, 0) is 31.9 Å². The molecule has 0 saturated carbocycles. The van der Waals surface area contributed by atoms with Gasteiger partial charge in [0, 0.05) is 41.3 Å². The van der Waals surface area contributed by atoms with E-state index in [0.717, 1.165) is 23.7 Å². The van der Waals surface area contributed by atoms with Crippen LogP contribution in [0.25, 0.3) is 10.9 Å². The smallest absolute Gasteiger partial charge is 0.243 e. The number of carbonyl (C=O) groups excluding carboxylic acids is 2. The van der Waals surface area contributed by atoms with Crippen LogP contribution in [-0.4, -0.2) is 33.9 Å². The molecule has 4 rings (SSSR count). The Morgan fingerprint density at radius 3 is 2.80 bits per heavy atom. The predicted octanol–water partition coefficient (Wildman–Crippen LogP) is 4.37. The fourth-order valence-electron chi connectivity index (χ4n) is 4.08. The minimum Gasteiger partial charge on any atom is -0.337 e. The maximum Gasteiger partial charge on any atom is 0.243 e. The quantitative estimate of drug-likeness (QED) is 0.594. The lowest BCUT2D eigenvalue weighted by Crippen LogP contribution is -2.45. The van der Waals surface area contributed by atoms with Crippen LogP contribution in [0.4, 0.5) is 4.39 Å². The van der Waals surface area contributed by atoms with E-state index in [2.05, 4.69) is 5.32 Å². The highest BCUT2D eigenvalue weighted by Crippen LogP contribution is 2.24. The molecule has 1 amide bonds. The number of fused-ring (bicyclic) bond motifs is 1. The number of hydrogen-bond donors (Lipinski definition) is 1. The van der Waals surface area contributed by atoms with Gasteiger partial charge >= 0.3 is 0 Å². The number of benzene rings is 2. The second-order valence-corrected chi connectivity index (χ2v) is 7.99. The zero-order valence-corrected chi connectivity index (χ0v) is 17.5. The van der Waals surface area contributed by atoms with Gasteiger partial charge in [-0.15, -0.1) is 0 Å². The number of halogens is 2. The number of nitrogens with one attached hydrogen (secondary N) is 1. The number of ketones is 1. The fraction of sp³-hybridized carbons (Fsp3) is 0.304. The molecule has 1 fully saturated rings. The minimum atomic E-state index is -0.432. The Morgan fingerprint density at radius 1 is 1.20 bits per heavy atom. The van der Waals surface area contributed by atoms with Crippen LogP contribution in [0.5, 0.6) is 0 Å². The summed E-state index contributed by atoms with van der Waals surface area (Å²) in [6.45, 7) is 2.62. The van der Waals surface area contributed by atoms with Crippen LogP contribution in [-0.2, 0) is 17.9 Å². The molecule has 7 heteroatoms. The lowest BCUT2D eigenvalue weighted by molar-refractivity contribution is -0.133. The van der Waals surface area contributed by atoms with E-state index < -0.39 is 5.82 Å². The molecule has 30 heavy (non-hydrogen) atoms. The molecular formula is C23H23ClFN3O2. The minimum absolute atomic E-state index is 0.0262. The van der Waals surface area contributed by atoms with Crippen LogP contribution in [0.15, 0.2) is 48.7 Å². The second-order valence-electron chi connectivity index (χ2n) is 7.58. The molecule has 1 aromatic heterocycles. The van der Waals surface area contributed by atoms with E-state index in [0.29, 0.717) is 24.2 Å². The number of hydrogen-bond acceptors (Lipinski definition) is 3. The molecule has 1 aliphatic heterocycles. The summed E-state index contributed by atoms with van der Waals surface area (Å²) in [5.41, 5.74) is 1.95. The summed E-state index contributed by atoms with van der Waals surface area (Å²) in [4.78, 5) is 26.8. The number of aromatic nitrogens is 1. The van der Waals surface area contributed by atoms with Crippen molar-refractivity contribution in [3.8, 4) is 0 Å². The molecule has 156 valence electrons. The molecule has 1 atom stereocenters. The molecule has 0 bridgehead atoms. The van der Waals surface area contributed by atoms with E-state index >= 15 is 0 Å². The summed E-state index contributed by atoms with van der Waals surface area (Å²) < 4.78 is 16.0. The molecule has 1 aliphatic rings. The summed E-state index contributed by atoms with van der Waals surface area (Å²) in [7, 11) is 0. The van der Waals surface area contributed by atoms with Gasteiger partial charge in [0.2, 0.25) is 5.91 Å². The molecule has 0 spiro atoms. The van der Waals surface area contributed by atoms with Crippen molar-refractivity contribution in [3.63, 3.8) is 0 Å². The van der Waals surface area contributed by atoms with Crippen molar-refractivity contribution in [3.05, 3.63) is 70.6 Å². The zero-order chi connectivity index (χ0) is 21.3. The third kappa shape index (κ3) is 3.98. The number of likely N-dealkylation sites (tertiary alicyclic amines) is 1. The summed E-state index contributed by atoms with van der Waals surface area (Å²) in [6.07, 6.45) is 3.28. The van der Waals surface area contributed by atoms with Crippen LogP contribution < -0.4 is 5.32 Å².